The fourth-order valence-electron chi connectivity index (χ4n) is 2.11. The predicted molar refractivity (Wildman–Crippen MR) is 81.6 cm³/mol. The molecule has 3 heteroatoms. The van der Waals surface area contributed by atoms with Gasteiger partial charge in [0.15, 0.2) is 0 Å². The van der Waals surface area contributed by atoms with Gasteiger partial charge in [-0.15, -0.1) is 0 Å². The van der Waals surface area contributed by atoms with E-state index in [0.717, 1.165) is 32.1 Å². The monoisotopic (exact) mass is 280 g/mol. The van der Waals surface area contributed by atoms with Gasteiger partial charge in [-0.25, -0.2) is 0 Å². The molecule has 0 radical (unpaired) electrons. The third-order valence-electron chi connectivity index (χ3n) is 3.35. The predicted octanol–water partition coefficient (Wildman–Crippen LogP) is 4.05. The molecular weight excluding hydrogens is 252 g/mol. The van der Waals surface area contributed by atoms with E-state index >= 15 is 0 Å². The quantitative estimate of drug-likeness (QED) is 0.400. The molecule has 0 fully saturated rings. The van der Waals surface area contributed by atoms with Crippen LogP contribution < -0.4 is 0 Å². The number of allylic oxidation sites excluding steroid dienone is 2. The zero-order valence-electron chi connectivity index (χ0n) is 13.1. The van der Waals surface area contributed by atoms with Gasteiger partial charge in [0, 0.05) is 18.8 Å². The van der Waals surface area contributed by atoms with Gasteiger partial charge in [0.25, 0.3) is 0 Å². The summed E-state index contributed by atoms with van der Waals surface area (Å²) < 4.78 is 0. The Hall–Kier alpha value is -1.25. The first-order chi connectivity index (χ1) is 9.43. The van der Waals surface area contributed by atoms with Crippen molar-refractivity contribution >= 4 is 17.3 Å². The largest absolute Gasteiger partial charge is 0.300 e. The van der Waals surface area contributed by atoms with Crippen molar-refractivity contribution in [3.05, 3.63) is 12.2 Å². The second-order valence-corrected chi connectivity index (χ2v) is 5.58. The molecular formula is C17H28O3. The SMILES string of the molecule is CC(=O)CCCCCC/C=C/CC(CC(C)=O)C(C)=O. The van der Waals surface area contributed by atoms with Crippen LogP contribution >= 0.6 is 0 Å². The number of hydrogen-bond acceptors (Lipinski definition) is 3. The fourth-order valence-corrected chi connectivity index (χ4v) is 2.11. The van der Waals surface area contributed by atoms with Gasteiger partial charge in [0.2, 0.25) is 0 Å². The molecule has 1 unspecified atom stereocenters. The van der Waals surface area contributed by atoms with Crippen LogP contribution in [0.1, 0.15) is 72.1 Å². The van der Waals surface area contributed by atoms with E-state index in [2.05, 4.69) is 6.08 Å². The fraction of sp³-hybridized carbons (Fsp3) is 0.706. The van der Waals surface area contributed by atoms with Crippen molar-refractivity contribution < 1.29 is 14.4 Å². The number of unbranched alkanes of at least 4 members (excludes halogenated alkanes) is 4. The van der Waals surface area contributed by atoms with Crippen LogP contribution in [-0.2, 0) is 14.4 Å². The number of Topliss-reactive ketones (excluding diaryl/α,β-unsaturated/α-hetero) is 3. The molecule has 0 spiro atoms. The minimum Gasteiger partial charge on any atom is -0.300 e. The normalized spacial score (nSPS) is 12.6. The summed E-state index contributed by atoms with van der Waals surface area (Å²) >= 11 is 0. The summed E-state index contributed by atoms with van der Waals surface area (Å²) in [5, 5.41) is 0. The van der Waals surface area contributed by atoms with E-state index in [1.807, 2.05) is 6.08 Å². The van der Waals surface area contributed by atoms with Crippen LogP contribution in [0.4, 0.5) is 0 Å². The van der Waals surface area contributed by atoms with Crippen LogP contribution in [0.2, 0.25) is 0 Å². The van der Waals surface area contributed by atoms with Gasteiger partial charge in [-0.3, -0.25) is 4.79 Å². The van der Waals surface area contributed by atoms with E-state index in [4.69, 9.17) is 0 Å². The summed E-state index contributed by atoms with van der Waals surface area (Å²) in [7, 11) is 0. The highest BCUT2D eigenvalue weighted by atomic mass is 16.1. The van der Waals surface area contributed by atoms with Gasteiger partial charge < -0.3 is 9.59 Å². The molecule has 0 bridgehead atoms. The lowest BCUT2D eigenvalue weighted by Crippen LogP contribution is -2.13. The van der Waals surface area contributed by atoms with Crippen molar-refractivity contribution in [2.75, 3.05) is 0 Å². The number of rotatable bonds is 12. The van der Waals surface area contributed by atoms with Crippen LogP contribution in [-0.4, -0.2) is 17.3 Å². The lowest BCUT2D eigenvalue weighted by Gasteiger charge is -2.08. The molecule has 3 nitrogen and oxygen atoms in total. The maximum Gasteiger partial charge on any atom is 0.133 e. The van der Waals surface area contributed by atoms with Gasteiger partial charge in [0.05, 0.1) is 0 Å². The minimum absolute atomic E-state index is 0.0732. The van der Waals surface area contributed by atoms with Crippen LogP contribution in [0, 0.1) is 5.92 Å². The summed E-state index contributed by atoms with van der Waals surface area (Å²) in [5.41, 5.74) is 0. The first kappa shape index (κ1) is 18.8. The Balaban J connectivity index is 3.66. The molecule has 20 heavy (non-hydrogen) atoms. The first-order valence-electron chi connectivity index (χ1n) is 7.57. The second kappa shape index (κ2) is 11.6. The lowest BCUT2D eigenvalue weighted by atomic mass is 9.95. The molecule has 1 atom stereocenters. The Morgan fingerprint density at radius 2 is 1.50 bits per heavy atom. The van der Waals surface area contributed by atoms with Crippen LogP contribution in [0.15, 0.2) is 12.2 Å². The third kappa shape index (κ3) is 11.8. The molecule has 0 heterocycles. The molecule has 0 aliphatic carbocycles. The standard InChI is InChI=1S/C17H28O3/c1-14(18)11-9-7-5-4-6-8-10-12-17(16(3)20)13-15(2)19/h8,10,17H,4-7,9,11-13H2,1-3H3/b10-8+. The molecule has 0 aromatic rings. The Kier molecular flexibility index (Phi) is 10.8. The van der Waals surface area contributed by atoms with E-state index in [1.54, 1.807) is 13.8 Å². The molecule has 0 rings (SSSR count). The minimum atomic E-state index is -0.153. The number of carbonyl (C=O) groups is 3. The maximum atomic E-state index is 11.4. The number of hydrogen-bond donors (Lipinski definition) is 0. The molecule has 114 valence electrons. The van der Waals surface area contributed by atoms with Crippen molar-refractivity contribution in [2.24, 2.45) is 5.92 Å². The maximum absolute atomic E-state index is 11.4. The summed E-state index contributed by atoms with van der Waals surface area (Å²) in [6.07, 6.45) is 11.2. The Morgan fingerprint density at radius 1 is 0.850 bits per heavy atom. The summed E-state index contributed by atoms with van der Waals surface area (Å²) in [5.74, 6) is 0.281. The smallest absolute Gasteiger partial charge is 0.133 e. The summed E-state index contributed by atoms with van der Waals surface area (Å²) in [6, 6.07) is 0. The highest BCUT2D eigenvalue weighted by Gasteiger charge is 2.14. The van der Waals surface area contributed by atoms with Crippen molar-refractivity contribution in [1.29, 1.82) is 0 Å². The van der Waals surface area contributed by atoms with Gasteiger partial charge >= 0.3 is 0 Å². The van der Waals surface area contributed by atoms with Crippen molar-refractivity contribution in [1.82, 2.24) is 0 Å². The highest BCUT2D eigenvalue weighted by Crippen LogP contribution is 2.12. The Bertz CT molecular complexity index is 342. The first-order valence-corrected chi connectivity index (χ1v) is 7.57. The molecule has 0 amide bonds. The lowest BCUT2D eigenvalue weighted by molar-refractivity contribution is -0.125. The zero-order chi connectivity index (χ0) is 15.4. The van der Waals surface area contributed by atoms with E-state index in [0.29, 0.717) is 19.3 Å². The Morgan fingerprint density at radius 3 is 2.05 bits per heavy atom. The van der Waals surface area contributed by atoms with Crippen LogP contribution in [0.25, 0.3) is 0 Å². The highest BCUT2D eigenvalue weighted by molar-refractivity contribution is 5.85. The van der Waals surface area contributed by atoms with Crippen molar-refractivity contribution in [3.8, 4) is 0 Å². The molecule has 0 N–H and O–H groups in total. The van der Waals surface area contributed by atoms with Crippen LogP contribution in [0.3, 0.4) is 0 Å². The molecule has 0 saturated heterocycles. The second-order valence-electron chi connectivity index (χ2n) is 5.58. The van der Waals surface area contributed by atoms with Gasteiger partial charge in [-0.05, 0) is 46.5 Å². The topological polar surface area (TPSA) is 51.2 Å². The van der Waals surface area contributed by atoms with Gasteiger partial charge in [-0.2, -0.15) is 0 Å². The average molecular weight is 280 g/mol. The summed E-state index contributed by atoms with van der Waals surface area (Å²) in [4.78, 5) is 33.2. The van der Waals surface area contributed by atoms with Gasteiger partial charge in [-0.1, -0.05) is 25.0 Å². The van der Waals surface area contributed by atoms with E-state index < -0.39 is 0 Å². The molecule has 0 aromatic carbocycles. The van der Waals surface area contributed by atoms with Gasteiger partial charge in [0.1, 0.15) is 17.3 Å². The molecule has 0 saturated carbocycles. The van der Waals surface area contributed by atoms with E-state index in [-0.39, 0.29) is 23.3 Å². The molecule has 0 aliphatic heterocycles. The Labute approximate surface area is 122 Å². The van der Waals surface area contributed by atoms with E-state index in [9.17, 15) is 14.4 Å². The van der Waals surface area contributed by atoms with E-state index in [1.165, 1.54) is 6.92 Å². The summed E-state index contributed by atoms with van der Waals surface area (Å²) in [6.45, 7) is 4.71. The number of carbonyl (C=O) groups excluding carboxylic acids is 3. The van der Waals surface area contributed by atoms with Crippen LogP contribution in [0.5, 0.6) is 0 Å². The average Bonchev–Trinajstić information content (AvgIpc) is 2.34. The number of ketones is 3. The van der Waals surface area contributed by atoms with Crippen molar-refractivity contribution in [2.45, 2.75) is 72.1 Å². The zero-order valence-corrected chi connectivity index (χ0v) is 13.1. The van der Waals surface area contributed by atoms with Crippen molar-refractivity contribution in [3.63, 3.8) is 0 Å². The third-order valence-corrected chi connectivity index (χ3v) is 3.35. The molecule has 0 aromatic heterocycles. The molecule has 0 aliphatic rings.